The van der Waals surface area contributed by atoms with Crippen molar-refractivity contribution in [3.63, 3.8) is 0 Å². The fourth-order valence-electron chi connectivity index (χ4n) is 3.84. The molecule has 1 atom stereocenters. The van der Waals surface area contributed by atoms with Gasteiger partial charge in [-0.3, -0.25) is 4.90 Å². The zero-order valence-corrected chi connectivity index (χ0v) is 17.2. The van der Waals surface area contributed by atoms with Crippen molar-refractivity contribution in [1.29, 1.82) is 0 Å². The smallest absolute Gasteiger partial charge is 0.142 e. The molecule has 148 valence electrons. The van der Waals surface area contributed by atoms with E-state index < -0.39 is 0 Å². The van der Waals surface area contributed by atoms with E-state index in [4.69, 9.17) is 5.73 Å². The number of nitrogens with two attached hydrogens (primary N) is 1. The van der Waals surface area contributed by atoms with Crippen molar-refractivity contribution in [2.45, 2.75) is 6.42 Å². The van der Waals surface area contributed by atoms with Crippen LogP contribution in [-0.2, 0) is 6.42 Å². The lowest BCUT2D eigenvalue weighted by Crippen LogP contribution is -2.49. The maximum absolute atomic E-state index is 14.2. The lowest BCUT2D eigenvalue weighted by atomic mass is 9.98. The molecule has 1 fully saturated rings. The van der Waals surface area contributed by atoms with Gasteiger partial charge in [-0.1, -0.05) is 22.0 Å². The Morgan fingerprint density at radius 2 is 2.00 bits per heavy atom. The Morgan fingerprint density at radius 3 is 2.75 bits per heavy atom. The average Bonchev–Trinajstić information content (AvgIpc) is 3.19. The number of piperazine rings is 1. The molecule has 2 aromatic heterocycles. The second-order valence-corrected chi connectivity index (χ2v) is 8.18. The summed E-state index contributed by atoms with van der Waals surface area (Å²) >= 11 is 3.31. The van der Waals surface area contributed by atoms with Crippen LogP contribution in [0.25, 0.3) is 11.0 Å². The fourth-order valence-corrected chi connectivity index (χ4v) is 4.17. The molecule has 0 saturated carbocycles. The number of aromatic amines is 1. The Bertz CT molecular complexity index is 937. The molecule has 0 aliphatic carbocycles. The van der Waals surface area contributed by atoms with Crippen molar-refractivity contribution in [3.05, 3.63) is 52.6 Å². The van der Waals surface area contributed by atoms with Crippen LogP contribution in [-0.4, -0.2) is 59.1 Å². The maximum atomic E-state index is 14.2. The van der Waals surface area contributed by atoms with Gasteiger partial charge in [0, 0.05) is 43.4 Å². The topological polar surface area (TPSA) is 74.1 Å². The molecule has 0 amide bonds. The van der Waals surface area contributed by atoms with Gasteiger partial charge < -0.3 is 15.6 Å². The van der Waals surface area contributed by atoms with Crippen molar-refractivity contribution in [2.24, 2.45) is 11.7 Å². The summed E-state index contributed by atoms with van der Waals surface area (Å²) in [6, 6.07) is 7.27. The number of anilines is 1. The van der Waals surface area contributed by atoms with Crippen LogP contribution in [0.5, 0.6) is 0 Å². The molecule has 6 nitrogen and oxygen atoms in total. The lowest BCUT2D eigenvalue weighted by Gasteiger charge is -2.37. The van der Waals surface area contributed by atoms with Crippen molar-refractivity contribution in [2.75, 3.05) is 44.2 Å². The molecule has 3 N–H and O–H groups in total. The Kier molecular flexibility index (Phi) is 5.89. The molecule has 1 aliphatic heterocycles. The van der Waals surface area contributed by atoms with Crippen LogP contribution in [0.1, 0.15) is 5.56 Å². The Labute approximate surface area is 172 Å². The van der Waals surface area contributed by atoms with E-state index >= 15 is 0 Å². The highest BCUT2D eigenvalue weighted by Gasteiger charge is 2.22. The van der Waals surface area contributed by atoms with Crippen molar-refractivity contribution in [3.8, 4) is 0 Å². The summed E-state index contributed by atoms with van der Waals surface area (Å²) < 4.78 is 14.9. The van der Waals surface area contributed by atoms with Gasteiger partial charge in [0.25, 0.3) is 0 Å². The zero-order valence-electron chi connectivity index (χ0n) is 15.6. The van der Waals surface area contributed by atoms with Crippen LogP contribution in [0.4, 0.5) is 10.2 Å². The minimum absolute atomic E-state index is 0.170. The van der Waals surface area contributed by atoms with Gasteiger partial charge in [0.05, 0.1) is 5.39 Å². The van der Waals surface area contributed by atoms with E-state index in [1.165, 1.54) is 6.07 Å². The molecule has 1 unspecified atom stereocenters. The largest absolute Gasteiger partial charge is 0.353 e. The number of nitrogens with one attached hydrogen (secondary N) is 1. The monoisotopic (exact) mass is 446 g/mol. The minimum atomic E-state index is -0.170. The summed E-state index contributed by atoms with van der Waals surface area (Å²) in [5.41, 5.74) is 7.59. The van der Waals surface area contributed by atoms with E-state index in [0.29, 0.717) is 13.0 Å². The number of H-pyrrole nitrogens is 1. The molecule has 8 heteroatoms. The number of fused-ring (bicyclic) bond motifs is 1. The molecule has 0 radical (unpaired) electrons. The number of benzene rings is 1. The molecule has 3 aromatic rings. The van der Waals surface area contributed by atoms with Crippen LogP contribution in [0.15, 0.2) is 41.3 Å². The Hall–Kier alpha value is -2.03. The summed E-state index contributed by atoms with van der Waals surface area (Å²) in [5, 5.41) is 1.06. The molecule has 1 saturated heterocycles. The third-order valence-corrected chi connectivity index (χ3v) is 5.87. The molecule has 1 aromatic carbocycles. The van der Waals surface area contributed by atoms with E-state index in [1.54, 1.807) is 6.33 Å². The number of hydrogen-bond acceptors (Lipinski definition) is 5. The highest BCUT2D eigenvalue weighted by molar-refractivity contribution is 9.10. The number of halogens is 2. The number of nitrogens with zero attached hydrogens (tertiary/aromatic N) is 4. The van der Waals surface area contributed by atoms with Gasteiger partial charge in [0.2, 0.25) is 0 Å². The van der Waals surface area contributed by atoms with Crippen molar-refractivity contribution in [1.82, 2.24) is 19.9 Å². The average molecular weight is 447 g/mol. The van der Waals surface area contributed by atoms with Crippen LogP contribution in [0.3, 0.4) is 0 Å². The summed E-state index contributed by atoms with van der Waals surface area (Å²) in [7, 11) is 0. The first kappa shape index (κ1) is 19.3. The van der Waals surface area contributed by atoms with Gasteiger partial charge >= 0.3 is 0 Å². The second kappa shape index (κ2) is 8.55. The SMILES string of the molecule is NCC(Cc1ccc(Br)cc1F)CN1CCN(c2ncnc3[nH]ccc23)CC1. The predicted octanol–water partition coefficient (Wildman–Crippen LogP) is 2.80. The van der Waals surface area contributed by atoms with E-state index in [2.05, 4.69) is 40.7 Å². The molecular formula is C20H24BrFN6. The third-order valence-electron chi connectivity index (χ3n) is 5.38. The Balaban J connectivity index is 1.36. The lowest BCUT2D eigenvalue weighted by molar-refractivity contribution is 0.219. The minimum Gasteiger partial charge on any atom is -0.353 e. The second-order valence-electron chi connectivity index (χ2n) is 7.27. The van der Waals surface area contributed by atoms with Crippen molar-refractivity contribution < 1.29 is 4.39 Å². The van der Waals surface area contributed by atoms with Crippen LogP contribution >= 0.6 is 15.9 Å². The van der Waals surface area contributed by atoms with Gasteiger partial charge in [0.1, 0.15) is 23.6 Å². The molecule has 3 heterocycles. The first-order chi connectivity index (χ1) is 13.6. The molecule has 28 heavy (non-hydrogen) atoms. The highest BCUT2D eigenvalue weighted by atomic mass is 79.9. The molecule has 1 aliphatic rings. The fraction of sp³-hybridized carbons (Fsp3) is 0.400. The normalized spacial score (nSPS) is 16.6. The van der Waals surface area contributed by atoms with Gasteiger partial charge in [-0.05, 0) is 42.6 Å². The molecular weight excluding hydrogens is 423 g/mol. The van der Waals surface area contributed by atoms with Crippen molar-refractivity contribution >= 4 is 32.8 Å². The van der Waals surface area contributed by atoms with Crippen LogP contribution in [0, 0.1) is 11.7 Å². The predicted molar refractivity (Wildman–Crippen MR) is 113 cm³/mol. The standard InChI is InChI=1S/C20H24BrFN6/c21-16-2-1-15(18(22)10-16)9-14(11-23)12-27-5-7-28(8-6-27)20-17-3-4-24-19(17)25-13-26-20/h1-4,10,13-14H,5-9,11-12,23H2,(H,24,25,26). The molecule has 4 rings (SSSR count). The van der Waals surface area contributed by atoms with Gasteiger partial charge in [-0.25, -0.2) is 14.4 Å². The zero-order chi connectivity index (χ0) is 19.5. The number of hydrogen-bond donors (Lipinski definition) is 2. The highest BCUT2D eigenvalue weighted by Crippen LogP contribution is 2.24. The van der Waals surface area contributed by atoms with Gasteiger partial charge in [-0.2, -0.15) is 0 Å². The summed E-state index contributed by atoms with van der Waals surface area (Å²) in [6.45, 7) is 5.11. The number of rotatable bonds is 6. The van der Waals surface area contributed by atoms with Gasteiger partial charge in [-0.15, -0.1) is 0 Å². The summed E-state index contributed by atoms with van der Waals surface area (Å²) in [6.07, 6.45) is 4.16. The van der Waals surface area contributed by atoms with E-state index in [-0.39, 0.29) is 11.7 Å². The van der Waals surface area contributed by atoms with Crippen LogP contribution in [0.2, 0.25) is 0 Å². The van der Waals surface area contributed by atoms with Gasteiger partial charge in [0.15, 0.2) is 0 Å². The third kappa shape index (κ3) is 4.19. The first-order valence-electron chi connectivity index (χ1n) is 9.53. The van der Waals surface area contributed by atoms with E-state index in [1.807, 2.05) is 24.4 Å². The Morgan fingerprint density at radius 1 is 1.18 bits per heavy atom. The molecule has 0 spiro atoms. The van der Waals surface area contributed by atoms with E-state index in [0.717, 1.165) is 59.6 Å². The molecule has 0 bridgehead atoms. The first-order valence-corrected chi connectivity index (χ1v) is 10.3. The summed E-state index contributed by atoms with van der Waals surface area (Å²) in [5.74, 6) is 1.05. The van der Waals surface area contributed by atoms with Crippen LogP contribution < -0.4 is 10.6 Å². The quantitative estimate of drug-likeness (QED) is 0.608. The van der Waals surface area contributed by atoms with E-state index in [9.17, 15) is 4.39 Å². The summed E-state index contributed by atoms with van der Waals surface area (Å²) in [4.78, 5) is 16.6. The number of aromatic nitrogens is 3. The maximum Gasteiger partial charge on any atom is 0.142 e.